The predicted molar refractivity (Wildman–Crippen MR) is 63.0 cm³/mol. The summed E-state index contributed by atoms with van der Waals surface area (Å²) in [5, 5.41) is 0. The number of ketones is 2. The minimum Gasteiger partial charge on any atom is -0.300 e. The molecule has 0 N–H and O–H groups in total. The Kier molecular flexibility index (Phi) is 3.18. The normalized spacial score (nSPS) is 33.6. The lowest BCUT2D eigenvalue weighted by Gasteiger charge is -2.24. The molecule has 0 radical (unpaired) electrons. The Morgan fingerprint density at radius 3 is 2.12 bits per heavy atom. The molecule has 0 spiro atoms. The van der Waals surface area contributed by atoms with Gasteiger partial charge in [0.05, 0.1) is 0 Å². The molecule has 4 atom stereocenters. The first-order chi connectivity index (χ1) is 7.49. The molecule has 90 valence electrons. The molecule has 0 saturated heterocycles. The zero-order valence-corrected chi connectivity index (χ0v) is 10.5. The van der Waals surface area contributed by atoms with Crippen LogP contribution in [0, 0.1) is 29.6 Å². The van der Waals surface area contributed by atoms with Crippen LogP contribution in [0.25, 0.3) is 0 Å². The summed E-state index contributed by atoms with van der Waals surface area (Å²) in [6, 6.07) is 0. The number of rotatable bonds is 5. The first kappa shape index (κ1) is 11.8. The largest absolute Gasteiger partial charge is 0.300 e. The van der Waals surface area contributed by atoms with Crippen LogP contribution >= 0.6 is 0 Å². The van der Waals surface area contributed by atoms with Crippen molar-refractivity contribution in [2.45, 2.75) is 46.5 Å². The van der Waals surface area contributed by atoms with Gasteiger partial charge in [0.1, 0.15) is 11.6 Å². The highest BCUT2D eigenvalue weighted by Gasteiger charge is 2.49. The van der Waals surface area contributed by atoms with E-state index >= 15 is 0 Å². The Morgan fingerprint density at radius 1 is 1.12 bits per heavy atom. The van der Waals surface area contributed by atoms with E-state index in [1.807, 2.05) is 13.8 Å². The molecule has 0 aromatic heterocycles. The lowest BCUT2D eigenvalue weighted by atomic mass is 9.79. The maximum Gasteiger partial charge on any atom is 0.139 e. The molecule has 16 heavy (non-hydrogen) atoms. The third-order valence-corrected chi connectivity index (χ3v) is 4.29. The number of carbonyl (C=O) groups excluding carboxylic acids is 2. The van der Waals surface area contributed by atoms with Crippen LogP contribution in [-0.4, -0.2) is 11.6 Å². The molecule has 0 bridgehead atoms. The van der Waals surface area contributed by atoms with Crippen molar-refractivity contribution < 1.29 is 9.59 Å². The van der Waals surface area contributed by atoms with Gasteiger partial charge >= 0.3 is 0 Å². The van der Waals surface area contributed by atoms with Gasteiger partial charge in [0.25, 0.3) is 0 Å². The molecule has 0 aromatic rings. The van der Waals surface area contributed by atoms with Gasteiger partial charge < -0.3 is 4.79 Å². The summed E-state index contributed by atoms with van der Waals surface area (Å²) in [7, 11) is 0. The summed E-state index contributed by atoms with van der Waals surface area (Å²) >= 11 is 0. The smallest absolute Gasteiger partial charge is 0.139 e. The molecule has 2 heteroatoms. The summed E-state index contributed by atoms with van der Waals surface area (Å²) in [5.41, 5.74) is 0. The second-order valence-electron chi connectivity index (χ2n) is 6.06. The van der Waals surface area contributed by atoms with Crippen molar-refractivity contribution in [1.29, 1.82) is 0 Å². The molecule has 2 saturated carbocycles. The SMILES string of the molecule is CC(=O)CC(C(=O)C(C)C)C1C[C@@H]2C[C@@H]2C1. The number of carbonyl (C=O) groups is 2. The first-order valence-corrected chi connectivity index (χ1v) is 6.52. The Hall–Kier alpha value is -0.660. The number of hydrogen-bond acceptors (Lipinski definition) is 2. The van der Waals surface area contributed by atoms with Gasteiger partial charge in [-0.3, -0.25) is 4.79 Å². The van der Waals surface area contributed by atoms with Crippen LogP contribution in [-0.2, 0) is 9.59 Å². The summed E-state index contributed by atoms with van der Waals surface area (Å²) < 4.78 is 0. The fraction of sp³-hybridized carbons (Fsp3) is 0.857. The zero-order valence-electron chi connectivity index (χ0n) is 10.5. The minimum atomic E-state index is 0.0188. The van der Waals surface area contributed by atoms with Crippen LogP contribution in [0.1, 0.15) is 46.5 Å². The Balaban J connectivity index is 2.01. The molecule has 2 aliphatic carbocycles. The van der Waals surface area contributed by atoms with Crippen LogP contribution in [0.2, 0.25) is 0 Å². The third-order valence-electron chi connectivity index (χ3n) is 4.29. The molecule has 0 aliphatic heterocycles. The van der Waals surface area contributed by atoms with Crippen LogP contribution in [0.5, 0.6) is 0 Å². The molecule has 0 heterocycles. The van der Waals surface area contributed by atoms with Crippen LogP contribution in [0.15, 0.2) is 0 Å². The van der Waals surface area contributed by atoms with Crippen molar-refractivity contribution in [3.63, 3.8) is 0 Å². The summed E-state index contributed by atoms with van der Waals surface area (Å²) in [6.07, 6.45) is 4.24. The van der Waals surface area contributed by atoms with Crippen molar-refractivity contribution in [2.24, 2.45) is 29.6 Å². The molecule has 0 amide bonds. The molecule has 2 nitrogen and oxygen atoms in total. The van der Waals surface area contributed by atoms with E-state index in [4.69, 9.17) is 0 Å². The van der Waals surface area contributed by atoms with E-state index in [-0.39, 0.29) is 17.6 Å². The minimum absolute atomic E-state index is 0.0188. The predicted octanol–water partition coefficient (Wildman–Crippen LogP) is 2.85. The van der Waals surface area contributed by atoms with Gasteiger partial charge in [0, 0.05) is 18.3 Å². The second kappa shape index (κ2) is 4.31. The van der Waals surface area contributed by atoms with E-state index < -0.39 is 0 Å². The molecule has 2 fully saturated rings. The van der Waals surface area contributed by atoms with Gasteiger partial charge in [-0.2, -0.15) is 0 Å². The maximum absolute atomic E-state index is 12.1. The lowest BCUT2D eigenvalue weighted by Crippen LogP contribution is -2.28. The third kappa shape index (κ3) is 2.36. The van der Waals surface area contributed by atoms with E-state index in [1.54, 1.807) is 6.92 Å². The Morgan fingerprint density at radius 2 is 1.69 bits per heavy atom. The zero-order chi connectivity index (χ0) is 11.9. The van der Waals surface area contributed by atoms with Crippen molar-refractivity contribution in [2.75, 3.05) is 0 Å². The first-order valence-electron chi connectivity index (χ1n) is 6.52. The average Bonchev–Trinajstić information content (AvgIpc) is 2.81. The highest BCUT2D eigenvalue weighted by atomic mass is 16.1. The van der Waals surface area contributed by atoms with E-state index in [9.17, 15) is 9.59 Å². The number of Topliss-reactive ketones (excluding diaryl/α,β-unsaturated/α-hetero) is 2. The Bertz CT molecular complexity index is 296. The van der Waals surface area contributed by atoms with E-state index in [2.05, 4.69) is 0 Å². The number of hydrogen-bond donors (Lipinski definition) is 0. The summed E-state index contributed by atoms with van der Waals surface area (Å²) in [4.78, 5) is 23.4. The van der Waals surface area contributed by atoms with Gasteiger partial charge in [-0.1, -0.05) is 13.8 Å². The summed E-state index contributed by atoms with van der Waals surface area (Å²) in [6.45, 7) is 5.51. The van der Waals surface area contributed by atoms with Crippen molar-refractivity contribution in [1.82, 2.24) is 0 Å². The molecule has 2 rings (SSSR count). The van der Waals surface area contributed by atoms with Crippen LogP contribution in [0.4, 0.5) is 0 Å². The highest BCUT2D eigenvalue weighted by Crippen LogP contribution is 2.56. The van der Waals surface area contributed by atoms with Crippen LogP contribution in [0.3, 0.4) is 0 Å². The molecule has 0 aromatic carbocycles. The maximum atomic E-state index is 12.1. The number of fused-ring (bicyclic) bond motifs is 1. The van der Waals surface area contributed by atoms with Crippen molar-refractivity contribution in [3.8, 4) is 0 Å². The highest BCUT2D eigenvalue weighted by molar-refractivity contribution is 5.88. The van der Waals surface area contributed by atoms with E-state index in [0.717, 1.165) is 11.8 Å². The topological polar surface area (TPSA) is 34.1 Å². The summed E-state index contributed by atoms with van der Waals surface area (Å²) in [5.74, 6) is 2.84. The monoisotopic (exact) mass is 222 g/mol. The van der Waals surface area contributed by atoms with Gasteiger partial charge in [-0.05, 0) is 43.9 Å². The second-order valence-corrected chi connectivity index (χ2v) is 6.06. The van der Waals surface area contributed by atoms with Crippen molar-refractivity contribution in [3.05, 3.63) is 0 Å². The van der Waals surface area contributed by atoms with Gasteiger partial charge in [-0.15, -0.1) is 0 Å². The quantitative estimate of drug-likeness (QED) is 0.716. The van der Waals surface area contributed by atoms with E-state index in [1.165, 1.54) is 19.3 Å². The fourth-order valence-electron chi connectivity index (χ4n) is 3.33. The molecule has 2 unspecified atom stereocenters. The van der Waals surface area contributed by atoms with E-state index in [0.29, 0.717) is 18.1 Å². The molecular weight excluding hydrogens is 200 g/mol. The van der Waals surface area contributed by atoms with Crippen LogP contribution < -0.4 is 0 Å². The van der Waals surface area contributed by atoms with Crippen molar-refractivity contribution >= 4 is 11.6 Å². The van der Waals surface area contributed by atoms with Gasteiger partial charge in [0.15, 0.2) is 0 Å². The van der Waals surface area contributed by atoms with Gasteiger partial charge in [-0.25, -0.2) is 0 Å². The van der Waals surface area contributed by atoms with Gasteiger partial charge in [0.2, 0.25) is 0 Å². The average molecular weight is 222 g/mol. The standard InChI is InChI=1S/C14H22O2/c1-8(2)14(16)13(4-9(3)15)12-6-10-5-11(10)7-12/h8,10-13H,4-7H2,1-3H3/t10-,11+,12?,13?. The molecular formula is C14H22O2. The fourth-order valence-corrected chi connectivity index (χ4v) is 3.33. The molecule has 2 aliphatic rings. The lowest BCUT2D eigenvalue weighted by molar-refractivity contribution is -0.131. The Labute approximate surface area is 97.8 Å².